The first-order chi connectivity index (χ1) is 22.4. The fourth-order valence-corrected chi connectivity index (χ4v) is 5.22. The number of ether oxygens (including phenoxy) is 3. The predicted octanol–water partition coefficient (Wildman–Crippen LogP) is 10.6. The van der Waals surface area contributed by atoms with Gasteiger partial charge in [0.05, 0.1) is 13.2 Å². The zero-order chi connectivity index (χ0) is 35.9. The summed E-state index contributed by atoms with van der Waals surface area (Å²) >= 11 is 0. The van der Waals surface area contributed by atoms with Crippen LogP contribution in [-0.2, 0) is 28.6 Å². The van der Waals surface area contributed by atoms with Gasteiger partial charge in [0, 0.05) is 44.7 Å². The summed E-state index contributed by atoms with van der Waals surface area (Å²) in [6.07, 6.45) is 18.0. The van der Waals surface area contributed by atoms with E-state index < -0.39 is 0 Å². The van der Waals surface area contributed by atoms with Crippen molar-refractivity contribution in [3.05, 3.63) is 0 Å². The molecule has 1 rings (SSSR count). The summed E-state index contributed by atoms with van der Waals surface area (Å²) in [6.45, 7) is 20.2. The summed E-state index contributed by atoms with van der Waals surface area (Å²) in [5, 5.41) is 0. The van der Waals surface area contributed by atoms with Crippen LogP contribution in [0.25, 0.3) is 0 Å². The summed E-state index contributed by atoms with van der Waals surface area (Å²) in [5.74, 6) is 0.0486. The number of rotatable bonds is 22. The van der Waals surface area contributed by atoms with Crippen molar-refractivity contribution in [3.63, 3.8) is 0 Å². The highest BCUT2D eigenvalue weighted by molar-refractivity contribution is 5.78. The van der Waals surface area contributed by atoms with Gasteiger partial charge in [0.25, 0.3) is 0 Å². The van der Waals surface area contributed by atoms with E-state index in [1.54, 1.807) is 0 Å². The second kappa shape index (κ2) is 31.2. The molecule has 1 aliphatic heterocycles. The number of carbonyl (C=O) groups excluding carboxylic acids is 4. The second-order valence-electron chi connectivity index (χ2n) is 13.9. The Hall–Kier alpha value is -2.12. The van der Waals surface area contributed by atoms with Gasteiger partial charge in [-0.1, -0.05) is 106 Å². The topological polar surface area (TPSA) is 99.2 Å². The SMILES string of the molecule is CC.CC1CCCN(C(=O)OC(C)(C)C)C1.CCCCCCCCC(=O)OCC(COC(=O)CCCCCCCC)CC(=O)CCC. The Balaban J connectivity index is 0. The highest BCUT2D eigenvalue weighted by Gasteiger charge is 2.25. The van der Waals surface area contributed by atoms with Gasteiger partial charge in [-0.2, -0.15) is 0 Å². The first-order valence-electron chi connectivity index (χ1n) is 19.2. The average molecular weight is 670 g/mol. The number of amides is 1. The fourth-order valence-electron chi connectivity index (χ4n) is 5.22. The summed E-state index contributed by atoms with van der Waals surface area (Å²) < 4.78 is 16.1. The maximum atomic E-state index is 12.1. The number of hydrogen-bond donors (Lipinski definition) is 0. The fraction of sp³-hybridized carbons (Fsp3) is 0.897. The van der Waals surface area contributed by atoms with Crippen LogP contribution in [0.3, 0.4) is 0 Å². The standard InChI is InChI=1S/C26H48O5.C11H21NO2.C2H6/c1-4-7-9-11-13-15-18-25(28)30-21-23(20-24(27)17-6-3)22-31-26(29)19-16-14-12-10-8-5-2;1-9-6-5-7-12(8-9)10(13)14-11(2,3)4;1-2/h23H,4-22H2,1-3H3;9H,5-8H2,1-4H3;1-2H3. The molecular formula is C39H75NO7. The molecule has 278 valence electrons. The molecule has 0 aromatic rings. The van der Waals surface area contributed by atoms with Crippen molar-refractivity contribution in [1.82, 2.24) is 4.90 Å². The van der Waals surface area contributed by atoms with Gasteiger partial charge >= 0.3 is 18.0 Å². The molecule has 0 bridgehead atoms. The Labute approximate surface area is 289 Å². The normalized spacial score (nSPS) is 14.3. The van der Waals surface area contributed by atoms with Gasteiger partial charge in [0.15, 0.2) is 0 Å². The van der Waals surface area contributed by atoms with Crippen LogP contribution in [-0.4, -0.2) is 60.6 Å². The lowest BCUT2D eigenvalue weighted by atomic mass is 10.0. The van der Waals surface area contributed by atoms with Crippen LogP contribution >= 0.6 is 0 Å². The Morgan fingerprint density at radius 1 is 0.702 bits per heavy atom. The number of carbonyl (C=O) groups is 4. The maximum Gasteiger partial charge on any atom is 0.410 e. The number of ketones is 1. The van der Waals surface area contributed by atoms with E-state index in [1.807, 2.05) is 46.4 Å². The van der Waals surface area contributed by atoms with E-state index in [0.29, 0.717) is 31.6 Å². The molecule has 0 saturated carbocycles. The van der Waals surface area contributed by atoms with Crippen LogP contribution in [0.5, 0.6) is 0 Å². The van der Waals surface area contributed by atoms with E-state index >= 15 is 0 Å². The van der Waals surface area contributed by atoms with Gasteiger partial charge in [-0.05, 0) is 58.8 Å². The third kappa shape index (κ3) is 30.9. The second-order valence-corrected chi connectivity index (χ2v) is 13.9. The first kappa shape index (κ1) is 47.0. The molecule has 0 radical (unpaired) electrons. The van der Waals surface area contributed by atoms with Gasteiger partial charge in [-0.15, -0.1) is 0 Å². The molecular weight excluding hydrogens is 594 g/mol. The number of hydrogen-bond acceptors (Lipinski definition) is 7. The minimum atomic E-state index is -0.377. The van der Waals surface area contributed by atoms with Crippen LogP contribution in [0, 0.1) is 11.8 Å². The molecule has 1 aliphatic rings. The van der Waals surface area contributed by atoms with Crippen molar-refractivity contribution >= 4 is 23.8 Å². The summed E-state index contributed by atoms with van der Waals surface area (Å²) in [5.41, 5.74) is -0.377. The maximum absolute atomic E-state index is 12.1. The van der Waals surface area contributed by atoms with Gasteiger partial charge in [0.2, 0.25) is 0 Å². The van der Waals surface area contributed by atoms with Gasteiger partial charge in [-0.25, -0.2) is 4.79 Å². The summed E-state index contributed by atoms with van der Waals surface area (Å²) in [4.78, 5) is 49.6. The zero-order valence-corrected chi connectivity index (χ0v) is 32.2. The highest BCUT2D eigenvalue weighted by Crippen LogP contribution is 2.18. The van der Waals surface area contributed by atoms with Crippen LogP contribution < -0.4 is 0 Å². The molecule has 1 amide bonds. The predicted molar refractivity (Wildman–Crippen MR) is 193 cm³/mol. The smallest absolute Gasteiger partial charge is 0.410 e. The number of likely N-dealkylation sites (tertiary alicyclic amines) is 1. The molecule has 0 aromatic heterocycles. The molecule has 1 heterocycles. The van der Waals surface area contributed by atoms with Crippen molar-refractivity contribution in [1.29, 1.82) is 0 Å². The Bertz CT molecular complexity index is 761. The molecule has 1 atom stereocenters. The van der Waals surface area contributed by atoms with Gasteiger partial charge in [0.1, 0.15) is 11.4 Å². The lowest BCUT2D eigenvalue weighted by molar-refractivity contribution is -0.150. The molecule has 1 unspecified atom stereocenters. The van der Waals surface area contributed by atoms with Crippen LogP contribution in [0.15, 0.2) is 0 Å². The highest BCUT2D eigenvalue weighted by atomic mass is 16.6. The Kier molecular flexibility index (Phi) is 31.2. The van der Waals surface area contributed by atoms with Crippen molar-refractivity contribution in [2.75, 3.05) is 26.3 Å². The Morgan fingerprint density at radius 3 is 1.60 bits per heavy atom. The average Bonchev–Trinajstić information content (AvgIpc) is 3.02. The number of unbranched alkanes of at least 4 members (excludes halogenated alkanes) is 10. The lowest BCUT2D eigenvalue weighted by Crippen LogP contribution is -2.42. The van der Waals surface area contributed by atoms with E-state index in [9.17, 15) is 19.2 Å². The number of nitrogens with zero attached hydrogens (tertiary/aromatic N) is 1. The van der Waals surface area contributed by atoms with Crippen molar-refractivity contribution in [3.8, 4) is 0 Å². The number of esters is 2. The van der Waals surface area contributed by atoms with E-state index in [4.69, 9.17) is 14.2 Å². The monoisotopic (exact) mass is 670 g/mol. The van der Waals surface area contributed by atoms with Crippen LogP contribution in [0.2, 0.25) is 0 Å². The summed E-state index contributed by atoms with van der Waals surface area (Å²) in [6, 6.07) is 0. The quantitative estimate of drug-likeness (QED) is 0.0642. The summed E-state index contributed by atoms with van der Waals surface area (Å²) in [7, 11) is 0. The molecule has 8 heteroatoms. The van der Waals surface area contributed by atoms with Crippen molar-refractivity contribution in [2.24, 2.45) is 11.8 Å². The lowest BCUT2D eigenvalue weighted by Gasteiger charge is -2.32. The molecule has 0 aliphatic carbocycles. The first-order valence-corrected chi connectivity index (χ1v) is 19.2. The third-order valence-corrected chi connectivity index (χ3v) is 7.78. The zero-order valence-electron chi connectivity index (χ0n) is 32.2. The molecule has 1 saturated heterocycles. The molecule has 1 fully saturated rings. The molecule has 0 N–H and O–H groups in total. The minimum absolute atomic E-state index is 0.131. The largest absolute Gasteiger partial charge is 0.465 e. The molecule has 8 nitrogen and oxygen atoms in total. The molecule has 0 spiro atoms. The van der Waals surface area contributed by atoms with Crippen molar-refractivity contribution in [2.45, 2.75) is 190 Å². The van der Waals surface area contributed by atoms with E-state index in [0.717, 1.165) is 64.5 Å². The Morgan fingerprint density at radius 2 is 1.17 bits per heavy atom. The van der Waals surface area contributed by atoms with E-state index in [-0.39, 0.29) is 48.5 Å². The van der Waals surface area contributed by atoms with E-state index in [2.05, 4.69) is 20.8 Å². The van der Waals surface area contributed by atoms with Crippen LogP contribution in [0.4, 0.5) is 4.79 Å². The van der Waals surface area contributed by atoms with Gasteiger partial charge < -0.3 is 19.1 Å². The van der Waals surface area contributed by atoms with Crippen LogP contribution in [0.1, 0.15) is 184 Å². The van der Waals surface area contributed by atoms with Gasteiger partial charge in [-0.3, -0.25) is 14.4 Å². The van der Waals surface area contributed by atoms with E-state index in [1.165, 1.54) is 44.9 Å². The molecule has 0 aromatic carbocycles. The number of piperidine rings is 1. The third-order valence-electron chi connectivity index (χ3n) is 7.78. The molecule has 47 heavy (non-hydrogen) atoms. The number of Topliss-reactive ketones (excluding diaryl/α,β-unsaturated/α-hetero) is 1. The minimum Gasteiger partial charge on any atom is -0.465 e. The van der Waals surface area contributed by atoms with Crippen molar-refractivity contribution < 1.29 is 33.4 Å².